The zero-order valence-corrected chi connectivity index (χ0v) is 12.3. The first kappa shape index (κ1) is 13.0. The number of nitrogens with zero attached hydrogens (tertiary/aromatic N) is 1. The number of Topliss-reactive ketones (excluding diaryl/α,β-unsaturated/α-hetero) is 1. The Balaban J connectivity index is 1.72. The van der Waals surface area contributed by atoms with E-state index in [4.69, 9.17) is 0 Å². The van der Waals surface area contributed by atoms with Gasteiger partial charge in [0.15, 0.2) is 0 Å². The van der Waals surface area contributed by atoms with Crippen LogP contribution in [-0.2, 0) is 4.79 Å². The molecule has 2 saturated heterocycles. The van der Waals surface area contributed by atoms with Crippen LogP contribution in [0, 0.1) is 0 Å². The molecule has 0 aromatic heterocycles. The van der Waals surface area contributed by atoms with Crippen molar-refractivity contribution in [2.75, 3.05) is 6.26 Å². The van der Waals surface area contributed by atoms with Gasteiger partial charge >= 0.3 is 0 Å². The molecule has 2 heterocycles. The first-order chi connectivity index (χ1) is 8.78. The van der Waals surface area contributed by atoms with Gasteiger partial charge in [0, 0.05) is 36.2 Å². The summed E-state index contributed by atoms with van der Waals surface area (Å²) in [4.78, 5) is 14.6. The van der Waals surface area contributed by atoms with Crippen LogP contribution in [0.5, 0.6) is 0 Å². The van der Waals surface area contributed by atoms with Crippen molar-refractivity contribution in [3.63, 3.8) is 0 Å². The molecule has 2 bridgehead atoms. The number of hydrogen-bond acceptors (Lipinski definition) is 3. The number of carbonyl (C=O) groups excluding carboxylic acids is 1. The Kier molecular flexibility index (Phi) is 4.00. The fourth-order valence-electron chi connectivity index (χ4n) is 4.41. The molecule has 4 unspecified atom stereocenters. The van der Waals surface area contributed by atoms with Gasteiger partial charge in [-0.05, 0) is 38.4 Å². The molecule has 3 fully saturated rings. The second-order valence-electron chi connectivity index (χ2n) is 6.31. The molecule has 0 N–H and O–H groups in total. The van der Waals surface area contributed by atoms with Crippen molar-refractivity contribution in [3.05, 3.63) is 0 Å². The fraction of sp³-hybridized carbons (Fsp3) is 0.933. The maximum Gasteiger partial charge on any atom is 0.136 e. The predicted octanol–water partition coefficient (Wildman–Crippen LogP) is 3.25. The van der Waals surface area contributed by atoms with Crippen LogP contribution < -0.4 is 0 Å². The second kappa shape index (κ2) is 5.54. The lowest BCUT2D eigenvalue weighted by Crippen LogP contribution is -2.57. The highest BCUT2D eigenvalue weighted by Gasteiger charge is 2.42. The van der Waals surface area contributed by atoms with Gasteiger partial charge in [0.1, 0.15) is 5.78 Å². The van der Waals surface area contributed by atoms with Crippen LogP contribution in [0.4, 0.5) is 0 Å². The van der Waals surface area contributed by atoms with Crippen molar-refractivity contribution in [1.82, 2.24) is 4.90 Å². The van der Waals surface area contributed by atoms with Crippen molar-refractivity contribution >= 4 is 17.5 Å². The van der Waals surface area contributed by atoms with Crippen LogP contribution in [0.1, 0.15) is 57.8 Å². The normalized spacial score (nSPS) is 41.9. The van der Waals surface area contributed by atoms with Gasteiger partial charge in [0.2, 0.25) is 0 Å². The summed E-state index contributed by atoms with van der Waals surface area (Å²) in [5, 5.41) is 0.863. The third-order valence-electron chi connectivity index (χ3n) is 5.20. The van der Waals surface area contributed by atoms with Crippen molar-refractivity contribution in [3.8, 4) is 0 Å². The first-order valence-corrected chi connectivity index (χ1v) is 8.88. The molecule has 2 aliphatic heterocycles. The van der Waals surface area contributed by atoms with E-state index in [1.807, 2.05) is 11.8 Å². The quantitative estimate of drug-likeness (QED) is 0.766. The molecule has 3 rings (SSSR count). The van der Waals surface area contributed by atoms with Crippen LogP contribution in [0.2, 0.25) is 0 Å². The zero-order valence-electron chi connectivity index (χ0n) is 11.4. The molecule has 18 heavy (non-hydrogen) atoms. The van der Waals surface area contributed by atoms with Gasteiger partial charge in [-0.3, -0.25) is 9.69 Å². The van der Waals surface area contributed by atoms with Crippen molar-refractivity contribution < 1.29 is 4.79 Å². The van der Waals surface area contributed by atoms with E-state index >= 15 is 0 Å². The third kappa shape index (κ3) is 2.49. The second-order valence-corrected chi connectivity index (χ2v) is 7.45. The summed E-state index contributed by atoms with van der Waals surface area (Å²) in [6, 6.07) is 1.96. The Labute approximate surface area is 115 Å². The highest BCUT2D eigenvalue weighted by molar-refractivity contribution is 7.99. The Morgan fingerprint density at radius 2 is 1.61 bits per heavy atom. The van der Waals surface area contributed by atoms with Gasteiger partial charge in [0.05, 0.1) is 0 Å². The summed E-state index contributed by atoms with van der Waals surface area (Å²) in [7, 11) is 0. The molecule has 4 atom stereocenters. The number of piperidine rings is 2. The summed E-state index contributed by atoms with van der Waals surface area (Å²) in [6.45, 7) is 0. The van der Waals surface area contributed by atoms with Gasteiger partial charge < -0.3 is 0 Å². The minimum Gasteiger partial charge on any atom is -0.300 e. The molecule has 1 aliphatic carbocycles. The average Bonchev–Trinajstić information content (AvgIpc) is 2.37. The molecule has 2 nitrogen and oxygen atoms in total. The lowest BCUT2D eigenvalue weighted by molar-refractivity contribution is -0.129. The highest BCUT2D eigenvalue weighted by atomic mass is 32.2. The van der Waals surface area contributed by atoms with Crippen LogP contribution in [-0.4, -0.2) is 40.3 Å². The van der Waals surface area contributed by atoms with E-state index in [2.05, 4.69) is 11.2 Å². The summed E-state index contributed by atoms with van der Waals surface area (Å²) in [5.41, 5.74) is 0. The van der Waals surface area contributed by atoms with Gasteiger partial charge in [-0.25, -0.2) is 0 Å². The van der Waals surface area contributed by atoms with E-state index in [1.165, 1.54) is 44.9 Å². The molecule has 0 radical (unpaired) electrons. The van der Waals surface area contributed by atoms with Crippen molar-refractivity contribution in [2.45, 2.75) is 81.2 Å². The zero-order chi connectivity index (χ0) is 12.5. The lowest BCUT2D eigenvalue weighted by Gasteiger charge is -2.51. The summed E-state index contributed by atoms with van der Waals surface area (Å²) in [5.74, 6) is 0.526. The van der Waals surface area contributed by atoms with E-state index in [9.17, 15) is 4.79 Å². The topological polar surface area (TPSA) is 20.3 Å². The summed E-state index contributed by atoms with van der Waals surface area (Å²) in [6.07, 6.45) is 13.4. The number of carbonyl (C=O) groups is 1. The summed E-state index contributed by atoms with van der Waals surface area (Å²) < 4.78 is 0. The fourth-order valence-corrected chi connectivity index (χ4v) is 5.23. The molecule has 1 saturated carbocycles. The lowest BCUT2D eigenvalue weighted by atomic mass is 9.80. The Bertz CT molecular complexity index is 304. The maximum atomic E-state index is 11.8. The van der Waals surface area contributed by atoms with Crippen molar-refractivity contribution in [2.24, 2.45) is 0 Å². The predicted molar refractivity (Wildman–Crippen MR) is 77.1 cm³/mol. The van der Waals surface area contributed by atoms with Crippen LogP contribution in [0.15, 0.2) is 0 Å². The Morgan fingerprint density at radius 1 is 1.00 bits per heavy atom. The van der Waals surface area contributed by atoms with Crippen LogP contribution >= 0.6 is 11.8 Å². The standard InChI is InChI=1S/C15H25NOS/c1-18-15-7-3-6-13(10-15)16-11-4-2-5-12(16)9-14(17)8-11/h11-13,15H,2-10H2,1H3. The van der Waals surface area contributed by atoms with E-state index in [0.29, 0.717) is 17.9 Å². The molecule has 0 spiro atoms. The molecule has 0 amide bonds. The van der Waals surface area contributed by atoms with Crippen LogP contribution in [0.25, 0.3) is 0 Å². The van der Waals surface area contributed by atoms with Gasteiger partial charge in [-0.1, -0.05) is 12.8 Å². The molecule has 3 heteroatoms. The van der Waals surface area contributed by atoms with E-state index < -0.39 is 0 Å². The number of fused-ring (bicyclic) bond motifs is 2. The minimum atomic E-state index is 0.526. The maximum absolute atomic E-state index is 11.8. The molecular weight excluding hydrogens is 242 g/mol. The van der Waals surface area contributed by atoms with Crippen LogP contribution in [0.3, 0.4) is 0 Å². The highest BCUT2D eigenvalue weighted by Crippen LogP contribution is 2.39. The average molecular weight is 267 g/mol. The smallest absolute Gasteiger partial charge is 0.136 e. The van der Waals surface area contributed by atoms with E-state index in [1.54, 1.807) is 0 Å². The Hall–Kier alpha value is -0.0200. The number of ketones is 1. The van der Waals surface area contributed by atoms with Gasteiger partial charge in [0.25, 0.3) is 0 Å². The Morgan fingerprint density at radius 3 is 2.28 bits per heavy atom. The molecule has 3 aliphatic rings. The van der Waals surface area contributed by atoms with E-state index in [-0.39, 0.29) is 0 Å². The van der Waals surface area contributed by atoms with E-state index in [0.717, 1.165) is 24.1 Å². The SMILES string of the molecule is CSC1CCCC(N2C3CCCC2CC(=O)C3)C1. The van der Waals surface area contributed by atoms with Gasteiger partial charge in [-0.15, -0.1) is 0 Å². The molecule has 0 aromatic rings. The molecule has 102 valence electrons. The minimum absolute atomic E-state index is 0.526. The number of rotatable bonds is 2. The molecule has 0 aromatic carbocycles. The van der Waals surface area contributed by atoms with Crippen molar-refractivity contribution in [1.29, 1.82) is 0 Å². The largest absolute Gasteiger partial charge is 0.300 e. The first-order valence-electron chi connectivity index (χ1n) is 7.60. The number of thioether (sulfide) groups is 1. The number of hydrogen-bond donors (Lipinski definition) is 0. The van der Waals surface area contributed by atoms with Gasteiger partial charge in [-0.2, -0.15) is 11.8 Å². The monoisotopic (exact) mass is 267 g/mol. The molecular formula is C15H25NOS. The third-order valence-corrected chi connectivity index (χ3v) is 6.29. The summed E-state index contributed by atoms with van der Waals surface area (Å²) >= 11 is 2.05.